The third kappa shape index (κ3) is 3.70. The summed E-state index contributed by atoms with van der Waals surface area (Å²) < 4.78 is 5.48. The molecule has 1 fully saturated rings. The average molecular weight is 373 g/mol. The van der Waals surface area contributed by atoms with Crippen LogP contribution in [0.4, 0.5) is 5.69 Å². The topological polar surface area (TPSA) is 51.2 Å². The molecule has 26 heavy (non-hydrogen) atoms. The molecule has 0 spiro atoms. The molecule has 4 nitrogen and oxygen atoms in total. The molecule has 3 rings (SSSR count). The second kappa shape index (κ2) is 8.09. The first-order valence-electron chi connectivity index (χ1n) is 9.23. The number of rotatable bonds is 5. The number of ether oxygens (including phenoxy) is 1. The summed E-state index contributed by atoms with van der Waals surface area (Å²) in [5.74, 6) is 0.597. The number of anilines is 1. The van der Waals surface area contributed by atoms with Crippen molar-refractivity contribution in [3.63, 3.8) is 0 Å². The molecule has 1 aromatic carbocycles. The summed E-state index contributed by atoms with van der Waals surface area (Å²) in [5, 5.41) is 3.73. The lowest BCUT2D eigenvalue weighted by atomic mass is 9.68. The van der Waals surface area contributed by atoms with Crippen LogP contribution in [0.2, 0.25) is 5.02 Å². The summed E-state index contributed by atoms with van der Waals surface area (Å²) in [6.07, 6.45) is 6.48. The van der Waals surface area contributed by atoms with Crippen molar-refractivity contribution in [3.05, 3.63) is 52.7 Å². The number of hydrogen-bond acceptors (Lipinski definition) is 3. The van der Waals surface area contributed by atoms with Gasteiger partial charge in [-0.3, -0.25) is 4.79 Å². The molecule has 1 aliphatic carbocycles. The van der Waals surface area contributed by atoms with Crippen molar-refractivity contribution in [2.24, 2.45) is 0 Å². The maximum atomic E-state index is 13.3. The number of nitrogens with one attached hydrogen (secondary N) is 1. The number of nitrogens with zero attached hydrogens (tertiary/aromatic N) is 1. The van der Waals surface area contributed by atoms with Crippen molar-refractivity contribution in [1.29, 1.82) is 0 Å². The van der Waals surface area contributed by atoms with Gasteiger partial charge in [0, 0.05) is 10.6 Å². The number of aryl methyl sites for hydroxylation is 1. The maximum Gasteiger partial charge on any atom is 0.235 e. The predicted molar refractivity (Wildman–Crippen MR) is 105 cm³/mol. The zero-order chi connectivity index (χ0) is 18.6. The summed E-state index contributed by atoms with van der Waals surface area (Å²) in [7, 11) is 0. The van der Waals surface area contributed by atoms with Gasteiger partial charge in [0.1, 0.15) is 0 Å². The normalized spacial score (nSPS) is 16.1. The number of amides is 1. The van der Waals surface area contributed by atoms with Crippen molar-refractivity contribution >= 4 is 23.2 Å². The molecule has 1 N–H and O–H groups in total. The highest BCUT2D eigenvalue weighted by Crippen LogP contribution is 2.43. The van der Waals surface area contributed by atoms with Gasteiger partial charge in [-0.1, -0.05) is 49.1 Å². The SMILES string of the molecule is CCOc1ncc(NC(=O)C2(c3ccccc3Cl)CCCCC2)cc1C. The van der Waals surface area contributed by atoms with Gasteiger partial charge in [-0.05, 0) is 44.4 Å². The smallest absolute Gasteiger partial charge is 0.235 e. The van der Waals surface area contributed by atoms with Gasteiger partial charge in [0.05, 0.1) is 23.9 Å². The fourth-order valence-electron chi connectivity index (χ4n) is 3.79. The molecule has 0 atom stereocenters. The van der Waals surface area contributed by atoms with Crippen molar-refractivity contribution in [1.82, 2.24) is 4.98 Å². The first kappa shape index (κ1) is 18.7. The van der Waals surface area contributed by atoms with Gasteiger partial charge < -0.3 is 10.1 Å². The molecule has 1 saturated carbocycles. The van der Waals surface area contributed by atoms with E-state index in [-0.39, 0.29) is 5.91 Å². The Morgan fingerprint density at radius 1 is 1.27 bits per heavy atom. The Morgan fingerprint density at radius 2 is 2.00 bits per heavy atom. The molecule has 138 valence electrons. The highest BCUT2D eigenvalue weighted by molar-refractivity contribution is 6.31. The van der Waals surface area contributed by atoms with E-state index in [4.69, 9.17) is 16.3 Å². The molecular weight excluding hydrogens is 348 g/mol. The lowest BCUT2D eigenvalue weighted by molar-refractivity contribution is -0.122. The van der Waals surface area contributed by atoms with Crippen LogP contribution in [0.5, 0.6) is 5.88 Å². The number of carbonyl (C=O) groups excluding carboxylic acids is 1. The van der Waals surface area contributed by atoms with E-state index in [0.717, 1.165) is 43.2 Å². The van der Waals surface area contributed by atoms with Crippen molar-refractivity contribution in [3.8, 4) is 5.88 Å². The summed E-state index contributed by atoms with van der Waals surface area (Å²) >= 11 is 6.47. The molecule has 1 heterocycles. The Morgan fingerprint density at radius 3 is 2.65 bits per heavy atom. The molecular formula is C21H25ClN2O2. The Labute approximate surface area is 159 Å². The molecule has 0 unspecified atom stereocenters. The van der Waals surface area contributed by atoms with Crippen LogP contribution in [0.1, 0.15) is 50.2 Å². The number of hydrogen-bond donors (Lipinski definition) is 1. The number of benzene rings is 1. The van der Waals surface area contributed by atoms with E-state index in [0.29, 0.717) is 23.2 Å². The van der Waals surface area contributed by atoms with Crippen molar-refractivity contribution < 1.29 is 9.53 Å². The van der Waals surface area contributed by atoms with Gasteiger partial charge in [0.2, 0.25) is 11.8 Å². The standard InChI is InChI=1S/C21H25ClN2O2/c1-3-26-19-15(2)13-16(14-23-19)24-20(25)21(11-7-4-8-12-21)17-9-5-6-10-18(17)22/h5-6,9-10,13-14H,3-4,7-8,11-12H2,1-2H3,(H,24,25). The fourth-order valence-corrected chi connectivity index (χ4v) is 4.11. The Balaban J connectivity index is 1.90. The van der Waals surface area contributed by atoms with Crippen LogP contribution < -0.4 is 10.1 Å². The van der Waals surface area contributed by atoms with Crippen LogP contribution in [-0.4, -0.2) is 17.5 Å². The number of aromatic nitrogens is 1. The predicted octanol–water partition coefficient (Wildman–Crippen LogP) is 5.28. The van der Waals surface area contributed by atoms with Gasteiger partial charge in [0.15, 0.2) is 0 Å². The Hall–Kier alpha value is -2.07. The minimum absolute atomic E-state index is 0.00402. The monoisotopic (exact) mass is 372 g/mol. The molecule has 0 aliphatic heterocycles. The van der Waals surface area contributed by atoms with Crippen molar-refractivity contribution in [2.45, 2.75) is 51.4 Å². The summed E-state index contributed by atoms with van der Waals surface area (Å²) in [6, 6.07) is 9.60. The van der Waals surface area contributed by atoms with Gasteiger partial charge in [-0.25, -0.2) is 4.98 Å². The Bertz CT molecular complexity index is 785. The first-order valence-corrected chi connectivity index (χ1v) is 9.60. The van der Waals surface area contributed by atoms with Crippen LogP contribution in [0.3, 0.4) is 0 Å². The zero-order valence-corrected chi connectivity index (χ0v) is 16.1. The molecule has 0 saturated heterocycles. The van der Waals surface area contributed by atoms with Crippen LogP contribution in [0.25, 0.3) is 0 Å². The van der Waals surface area contributed by atoms with Crippen LogP contribution in [-0.2, 0) is 10.2 Å². The molecule has 0 bridgehead atoms. The van der Waals surface area contributed by atoms with Gasteiger partial charge in [-0.15, -0.1) is 0 Å². The minimum Gasteiger partial charge on any atom is -0.478 e. The van der Waals surface area contributed by atoms with E-state index in [9.17, 15) is 4.79 Å². The number of pyridine rings is 1. The molecule has 0 radical (unpaired) electrons. The second-order valence-corrected chi connectivity index (χ2v) is 7.26. The molecule has 1 aromatic heterocycles. The maximum absolute atomic E-state index is 13.3. The molecule has 1 amide bonds. The van der Waals surface area contributed by atoms with E-state index in [1.54, 1.807) is 6.20 Å². The molecule has 2 aromatic rings. The van der Waals surface area contributed by atoms with E-state index < -0.39 is 5.41 Å². The van der Waals surface area contributed by atoms with E-state index in [2.05, 4.69) is 10.3 Å². The van der Waals surface area contributed by atoms with E-state index >= 15 is 0 Å². The Kier molecular flexibility index (Phi) is 5.82. The summed E-state index contributed by atoms with van der Waals surface area (Å²) in [6.45, 7) is 4.42. The second-order valence-electron chi connectivity index (χ2n) is 6.86. The fraction of sp³-hybridized carbons (Fsp3) is 0.429. The van der Waals surface area contributed by atoms with Gasteiger partial charge in [0.25, 0.3) is 0 Å². The van der Waals surface area contributed by atoms with E-state index in [1.165, 1.54) is 0 Å². The third-order valence-electron chi connectivity index (χ3n) is 5.10. The van der Waals surface area contributed by atoms with Crippen LogP contribution >= 0.6 is 11.6 Å². The van der Waals surface area contributed by atoms with E-state index in [1.807, 2.05) is 44.2 Å². The number of halogens is 1. The minimum atomic E-state index is -0.580. The quantitative estimate of drug-likeness (QED) is 0.776. The highest BCUT2D eigenvalue weighted by atomic mass is 35.5. The zero-order valence-electron chi connectivity index (χ0n) is 15.3. The third-order valence-corrected chi connectivity index (χ3v) is 5.43. The average Bonchev–Trinajstić information content (AvgIpc) is 2.65. The largest absolute Gasteiger partial charge is 0.478 e. The van der Waals surface area contributed by atoms with Gasteiger partial charge in [-0.2, -0.15) is 0 Å². The lowest BCUT2D eigenvalue weighted by Crippen LogP contribution is -2.42. The molecule has 5 heteroatoms. The highest BCUT2D eigenvalue weighted by Gasteiger charge is 2.42. The van der Waals surface area contributed by atoms with Crippen molar-refractivity contribution in [2.75, 3.05) is 11.9 Å². The van der Waals surface area contributed by atoms with Gasteiger partial charge >= 0.3 is 0 Å². The van der Waals surface area contributed by atoms with Crippen LogP contribution in [0.15, 0.2) is 36.5 Å². The lowest BCUT2D eigenvalue weighted by Gasteiger charge is -2.37. The molecule has 1 aliphatic rings. The summed E-state index contributed by atoms with van der Waals surface area (Å²) in [5.41, 5.74) is 1.94. The number of carbonyl (C=O) groups is 1. The summed E-state index contributed by atoms with van der Waals surface area (Å²) in [4.78, 5) is 17.7. The van der Waals surface area contributed by atoms with Crippen LogP contribution in [0, 0.1) is 6.92 Å². The first-order chi connectivity index (χ1) is 12.6.